The second-order valence-electron chi connectivity index (χ2n) is 4.88. The number of alkyl halides is 2. The molecular weight excluding hydrogens is 266 g/mol. The van der Waals surface area contributed by atoms with Gasteiger partial charge in [0.1, 0.15) is 6.61 Å². The largest absolute Gasteiger partial charge is 0.375 e. The molecule has 0 fully saturated rings. The van der Waals surface area contributed by atoms with E-state index in [2.05, 4.69) is 0 Å². The Morgan fingerprint density at radius 3 is 2.90 bits per heavy atom. The van der Waals surface area contributed by atoms with E-state index in [-0.39, 0.29) is 18.6 Å². The van der Waals surface area contributed by atoms with Crippen LogP contribution in [-0.4, -0.2) is 32.6 Å². The van der Waals surface area contributed by atoms with Crippen molar-refractivity contribution in [3.63, 3.8) is 0 Å². The van der Waals surface area contributed by atoms with Crippen LogP contribution in [0.5, 0.6) is 0 Å². The van der Waals surface area contributed by atoms with Gasteiger partial charge in [-0.1, -0.05) is 12.1 Å². The van der Waals surface area contributed by atoms with Crippen molar-refractivity contribution in [2.24, 2.45) is 5.73 Å². The number of hydrogen-bond acceptors (Lipinski definition) is 3. The van der Waals surface area contributed by atoms with Crippen LogP contribution in [0.4, 0.5) is 14.5 Å². The molecule has 0 aromatic heterocycles. The van der Waals surface area contributed by atoms with Crippen molar-refractivity contribution in [3.8, 4) is 0 Å². The molecular formula is C14H18F2N2O2. The van der Waals surface area contributed by atoms with Crippen LogP contribution >= 0.6 is 0 Å². The normalized spacial score (nSPS) is 15.8. The minimum Gasteiger partial charge on any atom is -0.375 e. The van der Waals surface area contributed by atoms with Crippen LogP contribution in [0.15, 0.2) is 18.2 Å². The van der Waals surface area contributed by atoms with Gasteiger partial charge in [-0.05, 0) is 23.6 Å². The Kier molecular flexibility index (Phi) is 4.67. The van der Waals surface area contributed by atoms with Gasteiger partial charge in [0.2, 0.25) is 5.91 Å². The fraction of sp³-hybridized carbons (Fsp3) is 0.500. The number of anilines is 1. The number of likely N-dealkylation sites (N-methyl/N-ethyl adjacent to an activating group) is 1. The molecule has 1 amide bonds. The highest BCUT2D eigenvalue weighted by Gasteiger charge is 2.24. The molecule has 0 radical (unpaired) electrons. The number of rotatable bonds is 6. The zero-order chi connectivity index (χ0) is 14.7. The smallest absolute Gasteiger partial charge is 0.261 e. The second kappa shape index (κ2) is 6.28. The average Bonchev–Trinajstić information content (AvgIpc) is 2.69. The molecule has 4 nitrogen and oxygen atoms in total. The van der Waals surface area contributed by atoms with Gasteiger partial charge in [-0.3, -0.25) is 4.79 Å². The number of nitrogens with two attached hydrogens (primary N) is 1. The summed E-state index contributed by atoms with van der Waals surface area (Å²) in [5.41, 5.74) is 8.77. The number of carbonyl (C=O) groups excluding carboxylic acids is 1. The predicted octanol–water partition coefficient (Wildman–Crippen LogP) is 1.88. The number of ether oxygens (including phenoxy) is 1. The predicted molar refractivity (Wildman–Crippen MR) is 71.9 cm³/mol. The lowest BCUT2D eigenvalue weighted by atomic mass is 10.0. The molecule has 0 aliphatic carbocycles. The van der Waals surface area contributed by atoms with Gasteiger partial charge in [-0.15, -0.1) is 0 Å². The molecule has 1 aliphatic heterocycles. The van der Waals surface area contributed by atoms with Gasteiger partial charge in [0.05, 0.1) is 6.42 Å². The maximum atomic E-state index is 11.9. The minimum atomic E-state index is -2.45. The number of amides is 1. The number of hydrogen-bond donors (Lipinski definition) is 1. The van der Waals surface area contributed by atoms with Crippen LogP contribution < -0.4 is 10.6 Å². The molecule has 1 unspecified atom stereocenters. The maximum absolute atomic E-state index is 11.9. The van der Waals surface area contributed by atoms with E-state index in [0.717, 1.165) is 16.8 Å². The summed E-state index contributed by atoms with van der Waals surface area (Å²) in [5, 5.41) is 0. The Morgan fingerprint density at radius 1 is 1.45 bits per heavy atom. The first-order valence-corrected chi connectivity index (χ1v) is 6.50. The number of benzene rings is 1. The summed E-state index contributed by atoms with van der Waals surface area (Å²) in [7, 11) is 1.74. The highest BCUT2D eigenvalue weighted by Crippen LogP contribution is 2.30. The number of nitrogens with zero attached hydrogens (tertiary/aromatic N) is 1. The van der Waals surface area contributed by atoms with E-state index in [4.69, 9.17) is 10.5 Å². The van der Waals surface area contributed by atoms with Crippen molar-refractivity contribution in [1.82, 2.24) is 0 Å². The van der Waals surface area contributed by atoms with E-state index in [1.165, 1.54) is 0 Å². The summed E-state index contributed by atoms with van der Waals surface area (Å²) in [4.78, 5) is 13.2. The molecule has 1 heterocycles. The monoisotopic (exact) mass is 284 g/mol. The molecule has 20 heavy (non-hydrogen) atoms. The lowest BCUT2D eigenvalue weighted by Gasteiger charge is -2.15. The lowest BCUT2D eigenvalue weighted by Crippen LogP contribution is -2.20. The van der Waals surface area contributed by atoms with E-state index >= 15 is 0 Å². The summed E-state index contributed by atoms with van der Waals surface area (Å²) in [6, 6.07) is 5.37. The van der Waals surface area contributed by atoms with Crippen LogP contribution in [0.2, 0.25) is 0 Å². The summed E-state index contributed by atoms with van der Waals surface area (Å²) in [6.45, 7) is -0.363. The molecule has 1 aromatic carbocycles. The zero-order valence-electron chi connectivity index (χ0n) is 11.3. The number of halogens is 2. The van der Waals surface area contributed by atoms with Crippen molar-refractivity contribution in [2.45, 2.75) is 25.3 Å². The molecule has 0 spiro atoms. The minimum absolute atomic E-state index is 0.0611. The average molecular weight is 284 g/mol. The van der Waals surface area contributed by atoms with Gasteiger partial charge < -0.3 is 15.4 Å². The first-order valence-electron chi connectivity index (χ1n) is 6.50. The third kappa shape index (κ3) is 3.32. The molecule has 110 valence electrons. The van der Waals surface area contributed by atoms with Crippen LogP contribution in [0.1, 0.15) is 23.6 Å². The van der Waals surface area contributed by atoms with Gasteiger partial charge in [-0.25, -0.2) is 8.78 Å². The highest BCUT2D eigenvalue weighted by molar-refractivity contribution is 6.00. The first kappa shape index (κ1) is 14.9. The molecule has 1 aliphatic rings. The molecule has 2 N–H and O–H groups in total. The van der Waals surface area contributed by atoms with Crippen molar-refractivity contribution in [2.75, 3.05) is 25.2 Å². The van der Waals surface area contributed by atoms with Gasteiger partial charge in [0, 0.05) is 25.4 Å². The van der Waals surface area contributed by atoms with E-state index in [0.29, 0.717) is 12.8 Å². The topological polar surface area (TPSA) is 55.6 Å². The molecule has 1 atom stereocenters. The second-order valence-corrected chi connectivity index (χ2v) is 4.88. The Hall–Kier alpha value is -1.53. The van der Waals surface area contributed by atoms with E-state index < -0.39 is 13.0 Å². The van der Waals surface area contributed by atoms with E-state index in [1.807, 2.05) is 18.2 Å². The van der Waals surface area contributed by atoms with Crippen LogP contribution in [0, 0.1) is 0 Å². The summed E-state index contributed by atoms with van der Waals surface area (Å²) in [6.07, 6.45) is -1.60. The Morgan fingerprint density at radius 2 is 2.20 bits per heavy atom. The molecule has 0 saturated heterocycles. The third-order valence-corrected chi connectivity index (χ3v) is 3.43. The van der Waals surface area contributed by atoms with Gasteiger partial charge in [-0.2, -0.15) is 0 Å². The molecule has 1 aromatic rings. The van der Waals surface area contributed by atoms with Crippen LogP contribution in [0.25, 0.3) is 0 Å². The molecule has 0 bridgehead atoms. The molecule has 0 saturated carbocycles. The van der Waals surface area contributed by atoms with E-state index in [1.54, 1.807) is 11.9 Å². The Balaban J connectivity index is 1.93. The van der Waals surface area contributed by atoms with Gasteiger partial charge >= 0.3 is 0 Å². The summed E-state index contributed by atoms with van der Waals surface area (Å²) in [5.74, 6) is 0.0611. The fourth-order valence-corrected chi connectivity index (χ4v) is 2.27. The van der Waals surface area contributed by atoms with Crippen molar-refractivity contribution in [3.05, 3.63) is 29.3 Å². The molecule has 6 heteroatoms. The van der Waals surface area contributed by atoms with Gasteiger partial charge in [0.15, 0.2) is 0 Å². The maximum Gasteiger partial charge on any atom is 0.261 e. The Bertz CT molecular complexity index is 494. The summed E-state index contributed by atoms with van der Waals surface area (Å²) < 4.78 is 28.6. The third-order valence-electron chi connectivity index (χ3n) is 3.43. The van der Waals surface area contributed by atoms with Crippen molar-refractivity contribution in [1.29, 1.82) is 0 Å². The molecule has 2 rings (SSSR count). The van der Waals surface area contributed by atoms with Gasteiger partial charge in [0.25, 0.3) is 6.43 Å². The summed E-state index contributed by atoms with van der Waals surface area (Å²) >= 11 is 0. The standard InChI is InChI=1S/C14H18F2N2O2/c1-18-12-3-2-9(6-10(12)7-14(18)19)11(17)4-5-20-8-13(15)16/h2-3,6,11,13H,4-5,7-8,17H2,1H3. The quantitative estimate of drug-likeness (QED) is 0.811. The van der Waals surface area contributed by atoms with Crippen LogP contribution in [-0.2, 0) is 16.0 Å². The zero-order valence-corrected chi connectivity index (χ0v) is 11.3. The lowest BCUT2D eigenvalue weighted by molar-refractivity contribution is -0.117. The highest BCUT2D eigenvalue weighted by atomic mass is 19.3. The Labute approximate surface area is 116 Å². The van der Waals surface area contributed by atoms with Crippen molar-refractivity contribution >= 4 is 11.6 Å². The SMILES string of the molecule is CN1C(=O)Cc2cc(C(N)CCOCC(F)F)ccc21. The fourth-order valence-electron chi connectivity index (χ4n) is 2.27. The first-order chi connectivity index (χ1) is 9.49. The van der Waals surface area contributed by atoms with E-state index in [9.17, 15) is 13.6 Å². The van der Waals surface area contributed by atoms with Crippen LogP contribution in [0.3, 0.4) is 0 Å². The number of fused-ring (bicyclic) bond motifs is 1. The van der Waals surface area contributed by atoms with Crippen molar-refractivity contribution < 1.29 is 18.3 Å². The number of carbonyl (C=O) groups is 1.